The summed E-state index contributed by atoms with van der Waals surface area (Å²) >= 11 is 0. The molecular formula is C42H26N2O. The quantitative estimate of drug-likeness (QED) is 0.210. The fraction of sp³-hybridized carbons (Fsp3) is 0. The second-order valence-corrected chi connectivity index (χ2v) is 11.4. The van der Waals surface area contributed by atoms with Crippen molar-refractivity contribution in [1.29, 1.82) is 0 Å². The van der Waals surface area contributed by atoms with Gasteiger partial charge in [-0.3, -0.25) is 0 Å². The van der Waals surface area contributed by atoms with Crippen molar-refractivity contribution in [2.24, 2.45) is 0 Å². The van der Waals surface area contributed by atoms with Crippen molar-refractivity contribution < 1.29 is 4.74 Å². The summed E-state index contributed by atoms with van der Waals surface area (Å²) < 4.78 is 6.38. The molecule has 0 bridgehead atoms. The Hall–Kier alpha value is -6.06. The third kappa shape index (κ3) is 4.45. The Bertz CT molecular complexity index is 2390. The minimum Gasteiger partial charge on any atom is -0.456 e. The van der Waals surface area contributed by atoms with E-state index in [1.165, 1.54) is 32.8 Å². The van der Waals surface area contributed by atoms with E-state index in [4.69, 9.17) is 14.7 Å². The molecule has 0 fully saturated rings. The van der Waals surface area contributed by atoms with Crippen LogP contribution in [0.25, 0.3) is 77.7 Å². The largest absolute Gasteiger partial charge is 0.456 e. The first-order valence-electron chi connectivity index (χ1n) is 15.2. The maximum atomic E-state index is 6.38. The monoisotopic (exact) mass is 574 g/mol. The molecule has 0 radical (unpaired) electrons. The lowest BCUT2D eigenvalue weighted by atomic mass is 9.93. The number of hydrogen-bond acceptors (Lipinski definition) is 3. The van der Waals surface area contributed by atoms with Gasteiger partial charge in [0.05, 0.1) is 11.4 Å². The second kappa shape index (κ2) is 10.3. The van der Waals surface area contributed by atoms with Crippen LogP contribution in [0.2, 0.25) is 0 Å². The third-order valence-electron chi connectivity index (χ3n) is 8.65. The molecule has 1 aliphatic rings. The van der Waals surface area contributed by atoms with Crippen molar-refractivity contribution in [1.82, 2.24) is 9.97 Å². The van der Waals surface area contributed by atoms with Crippen molar-refractivity contribution >= 4 is 21.5 Å². The van der Waals surface area contributed by atoms with Crippen LogP contribution < -0.4 is 4.74 Å². The zero-order valence-corrected chi connectivity index (χ0v) is 24.3. The van der Waals surface area contributed by atoms with Gasteiger partial charge in [0.15, 0.2) is 5.82 Å². The standard InChI is InChI=1S/C42H26N2O/c1-3-9-27(10-4-1)31-19-17-28-18-20-32(24-34(28)23-31)37-26-38(44-42(43-37)30-11-5-2-6-12-30)33-21-22-39-36(25-33)35-15-7-13-29-14-8-16-40(45-39)41(29)35/h1-26H. The van der Waals surface area contributed by atoms with E-state index in [9.17, 15) is 0 Å². The predicted molar refractivity (Wildman–Crippen MR) is 184 cm³/mol. The van der Waals surface area contributed by atoms with Crippen LogP contribution in [0.1, 0.15) is 0 Å². The van der Waals surface area contributed by atoms with Gasteiger partial charge in [-0.2, -0.15) is 0 Å². The van der Waals surface area contributed by atoms with Gasteiger partial charge in [0.25, 0.3) is 0 Å². The number of nitrogens with zero attached hydrogens (tertiary/aromatic N) is 2. The Morgan fingerprint density at radius 3 is 1.78 bits per heavy atom. The summed E-state index contributed by atoms with van der Waals surface area (Å²) in [6, 6.07) is 55.0. The van der Waals surface area contributed by atoms with Crippen LogP contribution in [0.3, 0.4) is 0 Å². The first-order chi connectivity index (χ1) is 22.3. The molecule has 0 spiro atoms. The molecule has 0 N–H and O–H groups in total. The smallest absolute Gasteiger partial charge is 0.160 e. The molecule has 3 nitrogen and oxygen atoms in total. The van der Waals surface area contributed by atoms with Crippen LogP contribution in [-0.2, 0) is 0 Å². The van der Waals surface area contributed by atoms with Gasteiger partial charge in [0.2, 0.25) is 0 Å². The molecule has 1 aromatic heterocycles. The van der Waals surface area contributed by atoms with Crippen LogP contribution in [0, 0.1) is 0 Å². The van der Waals surface area contributed by atoms with Gasteiger partial charge in [-0.1, -0.05) is 115 Å². The molecule has 0 aliphatic carbocycles. The summed E-state index contributed by atoms with van der Waals surface area (Å²) in [5, 5.41) is 4.68. The summed E-state index contributed by atoms with van der Waals surface area (Å²) in [7, 11) is 0. The topological polar surface area (TPSA) is 35.0 Å². The van der Waals surface area contributed by atoms with Gasteiger partial charge in [0.1, 0.15) is 11.5 Å². The van der Waals surface area contributed by atoms with E-state index < -0.39 is 0 Å². The van der Waals surface area contributed by atoms with Gasteiger partial charge >= 0.3 is 0 Å². The molecule has 2 heterocycles. The summed E-state index contributed by atoms with van der Waals surface area (Å²) in [4.78, 5) is 10.2. The highest BCUT2D eigenvalue weighted by Gasteiger charge is 2.21. The molecule has 0 unspecified atom stereocenters. The van der Waals surface area contributed by atoms with Crippen LogP contribution in [0.4, 0.5) is 0 Å². The minimum atomic E-state index is 0.697. The number of aromatic nitrogens is 2. The normalized spacial score (nSPS) is 11.7. The maximum absolute atomic E-state index is 6.38. The van der Waals surface area contributed by atoms with Crippen molar-refractivity contribution in [2.45, 2.75) is 0 Å². The molecule has 45 heavy (non-hydrogen) atoms. The average molecular weight is 575 g/mol. The number of benzene rings is 7. The Kier molecular flexibility index (Phi) is 5.82. The fourth-order valence-electron chi connectivity index (χ4n) is 6.40. The SMILES string of the molecule is c1ccc(-c2ccc3ccc(-c4cc(-c5ccc6c(c5)-c5cccc7cccc(c57)O6)nc(-c5ccccc5)n4)cc3c2)cc1. The highest BCUT2D eigenvalue weighted by atomic mass is 16.5. The Labute approximate surface area is 261 Å². The van der Waals surface area contributed by atoms with Crippen LogP contribution in [0.15, 0.2) is 158 Å². The van der Waals surface area contributed by atoms with Gasteiger partial charge in [-0.25, -0.2) is 9.97 Å². The molecule has 0 atom stereocenters. The van der Waals surface area contributed by atoms with Gasteiger partial charge in [0, 0.05) is 27.6 Å². The minimum absolute atomic E-state index is 0.697. The Morgan fingerprint density at radius 1 is 0.356 bits per heavy atom. The fourth-order valence-corrected chi connectivity index (χ4v) is 6.40. The molecule has 210 valence electrons. The van der Waals surface area contributed by atoms with Gasteiger partial charge in [-0.15, -0.1) is 0 Å². The molecule has 9 rings (SSSR count). The second-order valence-electron chi connectivity index (χ2n) is 11.4. The van der Waals surface area contributed by atoms with Crippen molar-refractivity contribution in [3.63, 3.8) is 0 Å². The molecule has 7 aromatic carbocycles. The number of ether oxygens (including phenoxy) is 1. The highest BCUT2D eigenvalue weighted by molar-refractivity contribution is 6.04. The zero-order valence-electron chi connectivity index (χ0n) is 24.3. The first kappa shape index (κ1) is 25.4. The lowest BCUT2D eigenvalue weighted by Gasteiger charge is -2.22. The summed E-state index contributed by atoms with van der Waals surface area (Å²) in [6.45, 7) is 0. The van der Waals surface area contributed by atoms with Crippen LogP contribution >= 0.6 is 0 Å². The molecule has 8 aromatic rings. The van der Waals surface area contributed by atoms with Crippen LogP contribution in [0.5, 0.6) is 11.5 Å². The van der Waals surface area contributed by atoms with Crippen molar-refractivity contribution in [2.75, 3.05) is 0 Å². The molecule has 3 heteroatoms. The van der Waals surface area contributed by atoms with E-state index >= 15 is 0 Å². The lowest BCUT2D eigenvalue weighted by molar-refractivity contribution is 0.487. The summed E-state index contributed by atoms with van der Waals surface area (Å²) in [5.74, 6) is 2.44. The van der Waals surface area contributed by atoms with Crippen molar-refractivity contribution in [3.8, 4) is 67.7 Å². The zero-order chi connectivity index (χ0) is 29.7. The number of fused-ring (bicyclic) bond motifs is 3. The lowest BCUT2D eigenvalue weighted by Crippen LogP contribution is -1.99. The van der Waals surface area contributed by atoms with E-state index in [0.717, 1.165) is 50.5 Å². The van der Waals surface area contributed by atoms with Crippen LogP contribution in [-0.4, -0.2) is 9.97 Å². The predicted octanol–water partition coefficient (Wildman–Crippen LogP) is 11.2. The highest BCUT2D eigenvalue weighted by Crippen LogP contribution is 2.47. The van der Waals surface area contributed by atoms with E-state index in [1.54, 1.807) is 0 Å². The molecule has 0 amide bonds. The van der Waals surface area contributed by atoms with Gasteiger partial charge in [-0.05, 0) is 75.3 Å². The Balaban J connectivity index is 1.20. The molecule has 0 saturated heterocycles. The van der Waals surface area contributed by atoms with E-state index in [-0.39, 0.29) is 0 Å². The Morgan fingerprint density at radius 2 is 1.00 bits per heavy atom. The average Bonchev–Trinajstić information content (AvgIpc) is 3.12. The maximum Gasteiger partial charge on any atom is 0.160 e. The molecular weight excluding hydrogens is 548 g/mol. The van der Waals surface area contributed by atoms with Crippen molar-refractivity contribution in [3.05, 3.63) is 158 Å². The van der Waals surface area contributed by atoms with E-state index in [2.05, 4.69) is 127 Å². The molecule has 0 saturated carbocycles. The third-order valence-corrected chi connectivity index (χ3v) is 8.65. The first-order valence-corrected chi connectivity index (χ1v) is 15.2. The summed E-state index contributed by atoms with van der Waals surface area (Å²) in [6.07, 6.45) is 0. The summed E-state index contributed by atoms with van der Waals surface area (Å²) in [5.41, 5.74) is 9.43. The molecule has 1 aliphatic heterocycles. The van der Waals surface area contributed by atoms with Gasteiger partial charge < -0.3 is 4.74 Å². The number of rotatable bonds is 4. The van der Waals surface area contributed by atoms with E-state index in [1.807, 2.05) is 30.3 Å². The number of hydrogen-bond donors (Lipinski definition) is 0. The van der Waals surface area contributed by atoms with E-state index in [0.29, 0.717) is 5.82 Å².